The molecule has 1 aromatic heterocycles. The van der Waals surface area contributed by atoms with Crippen molar-refractivity contribution in [1.82, 2.24) is 4.98 Å². The number of H-pyrrole nitrogens is 1. The predicted octanol–water partition coefficient (Wildman–Crippen LogP) is 5.28. The summed E-state index contributed by atoms with van der Waals surface area (Å²) in [4.78, 5) is 15.9. The van der Waals surface area contributed by atoms with Crippen LogP contribution >= 0.6 is 15.9 Å². The number of hydrogen-bond acceptors (Lipinski definition) is 1. The molecule has 0 unspecified atom stereocenters. The van der Waals surface area contributed by atoms with Gasteiger partial charge in [0.1, 0.15) is 0 Å². The van der Waals surface area contributed by atoms with Crippen LogP contribution in [0.5, 0.6) is 0 Å². The molecule has 0 aliphatic rings. The largest absolute Gasteiger partial charge is 0.360 e. The molecule has 3 rings (SSSR count). The first kappa shape index (κ1) is 14.1. The molecule has 1 heterocycles. The van der Waals surface area contributed by atoms with E-state index in [1.807, 2.05) is 42.5 Å². The Labute approximate surface area is 132 Å². The van der Waals surface area contributed by atoms with E-state index in [1.54, 1.807) is 6.20 Å². The monoisotopic (exact) mass is 341 g/mol. The smallest absolute Gasteiger partial charge is 0.195 e. The average molecular weight is 342 g/mol. The molecule has 0 radical (unpaired) electrons. The number of rotatable bonds is 3. The second kappa shape index (κ2) is 5.49. The molecule has 0 amide bonds. The summed E-state index contributed by atoms with van der Waals surface area (Å²) in [5.41, 5.74) is 3.63. The van der Waals surface area contributed by atoms with Crippen LogP contribution in [0, 0.1) is 0 Å². The van der Waals surface area contributed by atoms with Gasteiger partial charge >= 0.3 is 0 Å². The number of aromatic nitrogens is 1. The van der Waals surface area contributed by atoms with Gasteiger partial charge in [0.05, 0.1) is 0 Å². The highest BCUT2D eigenvalue weighted by Crippen LogP contribution is 2.28. The summed E-state index contributed by atoms with van der Waals surface area (Å²) < 4.78 is 0.934. The van der Waals surface area contributed by atoms with Gasteiger partial charge in [0.2, 0.25) is 0 Å². The summed E-state index contributed by atoms with van der Waals surface area (Å²) in [6.07, 6.45) is 1.79. The van der Waals surface area contributed by atoms with Crippen molar-refractivity contribution in [3.63, 3.8) is 0 Å². The van der Waals surface area contributed by atoms with Crippen LogP contribution in [0.1, 0.15) is 41.3 Å². The Balaban J connectivity index is 2.04. The van der Waals surface area contributed by atoms with E-state index < -0.39 is 0 Å². The van der Waals surface area contributed by atoms with Gasteiger partial charge in [-0.3, -0.25) is 4.79 Å². The molecule has 0 saturated carbocycles. The number of aromatic amines is 1. The summed E-state index contributed by atoms with van der Waals surface area (Å²) in [5, 5.41) is 0.940. The third-order valence-corrected chi connectivity index (χ3v) is 4.40. The van der Waals surface area contributed by atoms with Crippen molar-refractivity contribution in [2.75, 3.05) is 0 Å². The molecule has 0 spiro atoms. The first-order valence-electron chi connectivity index (χ1n) is 6.98. The van der Waals surface area contributed by atoms with Crippen molar-refractivity contribution in [2.45, 2.75) is 19.8 Å². The van der Waals surface area contributed by atoms with E-state index in [-0.39, 0.29) is 5.78 Å². The predicted molar refractivity (Wildman–Crippen MR) is 90.0 cm³/mol. The molecule has 106 valence electrons. The van der Waals surface area contributed by atoms with E-state index in [4.69, 9.17) is 0 Å². The van der Waals surface area contributed by atoms with Crippen molar-refractivity contribution in [1.29, 1.82) is 0 Å². The molecule has 0 atom stereocenters. The second-order valence-electron chi connectivity index (χ2n) is 5.47. The molecule has 0 aliphatic heterocycles. The molecule has 3 aromatic rings. The van der Waals surface area contributed by atoms with Crippen molar-refractivity contribution < 1.29 is 4.79 Å². The lowest BCUT2D eigenvalue weighted by molar-refractivity contribution is 0.104. The van der Waals surface area contributed by atoms with Gasteiger partial charge in [0, 0.05) is 32.7 Å². The fourth-order valence-corrected chi connectivity index (χ4v) is 3.07. The lowest BCUT2D eigenvalue weighted by Gasteiger charge is -2.06. The van der Waals surface area contributed by atoms with E-state index in [9.17, 15) is 4.79 Å². The zero-order chi connectivity index (χ0) is 15.0. The van der Waals surface area contributed by atoms with Gasteiger partial charge in [-0.1, -0.05) is 60.1 Å². The summed E-state index contributed by atoms with van der Waals surface area (Å²) in [6, 6.07) is 13.8. The molecule has 0 saturated heterocycles. The normalized spacial score (nSPS) is 11.2. The Kier molecular flexibility index (Phi) is 3.68. The van der Waals surface area contributed by atoms with E-state index >= 15 is 0 Å². The number of halogens is 1. The van der Waals surface area contributed by atoms with Crippen LogP contribution < -0.4 is 0 Å². The molecule has 2 nitrogen and oxygen atoms in total. The van der Waals surface area contributed by atoms with Gasteiger partial charge in [0.25, 0.3) is 0 Å². The molecular weight excluding hydrogens is 326 g/mol. The minimum absolute atomic E-state index is 0.0449. The summed E-state index contributed by atoms with van der Waals surface area (Å²) >= 11 is 3.53. The van der Waals surface area contributed by atoms with Gasteiger partial charge in [-0.05, 0) is 23.6 Å². The highest BCUT2D eigenvalue weighted by atomic mass is 79.9. The van der Waals surface area contributed by atoms with E-state index in [0.29, 0.717) is 11.5 Å². The van der Waals surface area contributed by atoms with E-state index in [2.05, 4.69) is 34.8 Å². The number of hydrogen-bond donors (Lipinski definition) is 1. The highest BCUT2D eigenvalue weighted by Gasteiger charge is 2.16. The lowest BCUT2D eigenvalue weighted by Crippen LogP contribution is -2.01. The Hall–Kier alpha value is -1.87. The molecule has 21 heavy (non-hydrogen) atoms. The fourth-order valence-electron chi connectivity index (χ4n) is 2.49. The number of carbonyl (C=O) groups excluding carboxylic acids is 1. The van der Waals surface area contributed by atoms with Gasteiger partial charge in [-0.15, -0.1) is 0 Å². The molecular formula is C18H16BrNO. The topological polar surface area (TPSA) is 32.9 Å². The van der Waals surface area contributed by atoms with Crippen LogP contribution in [0.2, 0.25) is 0 Å². The van der Waals surface area contributed by atoms with Crippen LogP contribution in [-0.2, 0) is 0 Å². The van der Waals surface area contributed by atoms with Crippen LogP contribution in [0.15, 0.2) is 53.1 Å². The zero-order valence-electron chi connectivity index (χ0n) is 12.0. The SMILES string of the molecule is CC(C)c1ccc(C(=O)c2c[nH]c3cccc(Br)c23)cc1. The lowest BCUT2D eigenvalue weighted by atomic mass is 9.98. The van der Waals surface area contributed by atoms with Gasteiger partial charge in [-0.25, -0.2) is 0 Å². The zero-order valence-corrected chi connectivity index (χ0v) is 13.6. The van der Waals surface area contributed by atoms with Crippen LogP contribution in [-0.4, -0.2) is 10.8 Å². The van der Waals surface area contributed by atoms with Crippen LogP contribution in [0.25, 0.3) is 10.9 Å². The quantitative estimate of drug-likeness (QED) is 0.645. The maximum atomic E-state index is 12.7. The van der Waals surface area contributed by atoms with Crippen molar-refractivity contribution >= 4 is 32.6 Å². The maximum Gasteiger partial charge on any atom is 0.195 e. The first-order chi connectivity index (χ1) is 10.1. The summed E-state index contributed by atoms with van der Waals surface area (Å²) in [6.45, 7) is 4.29. The number of carbonyl (C=O) groups is 1. The summed E-state index contributed by atoms with van der Waals surface area (Å²) in [7, 11) is 0. The Morgan fingerprint density at radius 3 is 2.48 bits per heavy atom. The number of nitrogens with one attached hydrogen (secondary N) is 1. The molecule has 0 bridgehead atoms. The minimum atomic E-state index is 0.0449. The third-order valence-electron chi connectivity index (χ3n) is 3.74. The minimum Gasteiger partial charge on any atom is -0.360 e. The Morgan fingerprint density at radius 2 is 1.81 bits per heavy atom. The van der Waals surface area contributed by atoms with Crippen molar-refractivity contribution in [3.05, 3.63) is 69.8 Å². The van der Waals surface area contributed by atoms with E-state index in [0.717, 1.165) is 20.9 Å². The van der Waals surface area contributed by atoms with Gasteiger partial charge in [0.15, 0.2) is 5.78 Å². The first-order valence-corrected chi connectivity index (χ1v) is 7.77. The van der Waals surface area contributed by atoms with Gasteiger partial charge in [-0.2, -0.15) is 0 Å². The molecule has 1 N–H and O–H groups in total. The highest BCUT2D eigenvalue weighted by molar-refractivity contribution is 9.10. The fraction of sp³-hybridized carbons (Fsp3) is 0.167. The Bertz CT molecular complexity index is 800. The third kappa shape index (κ3) is 2.54. The van der Waals surface area contributed by atoms with Crippen LogP contribution in [0.4, 0.5) is 0 Å². The van der Waals surface area contributed by atoms with Crippen molar-refractivity contribution in [2.24, 2.45) is 0 Å². The average Bonchev–Trinajstić information content (AvgIpc) is 2.92. The number of ketones is 1. The molecule has 3 heteroatoms. The van der Waals surface area contributed by atoms with E-state index in [1.165, 1.54) is 5.56 Å². The molecule has 0 fully saturated rings. The molecule has 2 aromatic carbocycles. The van der Waals surface area contributed by atoms with Crippen molar-refractivity contribution in [3.8, 4) is 0 Å². The summed E-state index contributed by atoms with van der Waals surface area (Å²) in [5.74, 6) is 0.514. The Morgan fingerprint density at radius 1 is 1.10 bits per heavy atom. The van der Waals surface area contributed by atoms with Crippen LogP contribution in [0.3, 0.4) is 0 Å². The number of benzene rings is 2. The molecule has 0 aliphatic carbocycles. The number of fused-ring (bicyclic) bond motifs is 1. The maximum absolute atomic E-state index is 12.7. The second-order valence-corrected chi connectivity index (χ2v) is 6.32. The standard InChI is InChI=1S/C18H16BrNO/c1-11(2)12-6-8-13(9-7-12)18(21)14-10-20-16-5-3-4-15(19)17(14)16/h3-11,20H,1-2H3. The van der Waals surface area contributed by atoms with Gasteiger partial charge < -0.3 is 4.98 Å².